The molecule has 2 amide bonds. The molecule has 0 saturated heterocycles. The number of nitrogens with two attached hydrogens (primary N) is 1. The van der Waals surface area contributed by atoms with Gasteiger partial charge in [0.25, 0.3) is 5.91 Å². The molecule has 1 aliphatic rings. The van der Waals surface area contributed by atoms with Crippen LogP contribution in [0.4, 0.5) is 0 Å². The third-order valence-electron chi connectivity index (χ3n) is 3.58. The number of nitrogens with zero attached hydrogens (tertiary/aromatic N) is 1. The van der Waals surface area contributed by atoms with E-state index in [-0.39, 0.29) is 11.9 Å². The maximum absolute atomic E-state index is 12.1. The molecule has 20 heavy (non-hydrogen) atoms. The summed E-state index contributed by atoms with van der Waals surface area (Å²) in [7, 11) is 0. The first kappa shape index (κ1) is 14.8. The third kappa shape index (κ3) is 3.72. The summed E-state index contributed by atoms with van der Waals surface area (Å²) in [6.45, 7) is 0. The van der Waals surface area contributed by atoms with Gasteiger partial charge in [-0.15, -0.1) is 0 Å². The van der Waals surface area contributed by atoms with Crippen LogP contribution in [-0.4, -0.2) is 34.3 Å². The van der Waals surface area contributed by atoms with E-state index in [9.17, 15) is 9.59 Å². The monoisotopic (exact) mass is 293 g/mol. The number of nitrogens with one attached hydrogen (secondary N) is 1. The van der Waals surface area contributed by atoms with E-state index < -0.39 is 5.91 Å². The number of rotatable bonds is 4. The molecule has 0 spiro atoms. The Morgan fingerprint density at radius 2 is 2.20 bits per heavy atom. The number of carbonyl (C=O) groups excluding carboxylic acids is 2. The Bertz CT molecular complexity index is 490. The van der Waals surface area contributed by atoms with Crippen molar-refractivity contribution in [2.45, 2.75) is 37.0 Å². The standard InChI is InChI=1S/C14H19N3O2S/c1-20-11-4-2-3-10(7-11)17-14(19)12-6-5-9(8-16-12)13(15)18/h5-6,8,10-11H,2-4,7H2,1H3,(H2,15,18)(H,17,19). The number of thioether (sulfide) groups is 1. The van der Waals surface area contributed by atoms with Gasteiger partial charge in [0.15, 0.2) is 0 Å². The van der Waals surface area contributed by atoms with Crippen molar-refractivity contribution in [2.24, 2.45) is 5.73 Å². The summed E-state index contributed by atoms with van der Waals surface area (Å²) in [6.07, 6.45) is 7.83. The van der Waals surface area contributed by atoms with E-state index in [0.29, 0.717) is 16.5 Å². The molecule has 0 aliphatic heterocycles. The average Bonchev–Trinajstić information content (AvgIpc) is 2.47. The molecule has 0 radical (unpaired) electrons. The van der Waals surface area contributed by atoms with Gasteiger partial charge in [-0.3, -0.25) is 14.6 Å². The summed E-state index contributed by atoms with van der Waals surface area (Å²) >= 11 is 1.86. The van der Waals surface area contributed by atoms with Crippen molar-refractivity contribution in [2.75, 3.05) is 6.26 Å². The third-order valence-corrected chi connectivity index (χ3v) is 4.67. The lowest BCUT2D eigenvalue weighted by Gasteiger charge is -2.28. The van der Waals surface area contributed by atoms with E-state index in [1.807, 2.05) is 11.8 Å². The fourth-order valence-corrected chi connectivity index (χ4v) is 3.25. The molecule has 1 heterocycles. The second-order valence-electron chi connectivity index (χ2n) is 4.99. The highest BCUT2D eigenvalue weighted by Gasteiger charge is 2.23. The molecule has 0 bridgehead atoms. The van der Waals surface area contributed by atoms with Gasteiger partial charge >= 0.3 is 0 Å². The predicted molar refractivity (Wildman–Crippen MR) is 79.8 cm³/mol. The van der Waals surface area contributed by atoms with E-state index in [2.05, 4.69) is 16.6 Å². The molecule has 2 unspecified atom stereocenters. The predicted octanol–water partition coefficient (Wildman–Crippen LogP) is 1.58. The van der Waals surface area contributed by atoms with Crippen LogP contribution in [0.3, 0.4) is 0 Å². The molecule has 108 valence electrons. The number of hydrogen-bond acceptors (Lipinski definition) is 4. The highest BCUT2D eigenvalue weighted by Crippen LogP contribution is 2.26. The minimum atomic E-state index is -0.542. The molecule has 0 aromatic carbocycles. The second-order valence-corrected chi connectivity index (χ2v) is 6.13. The summed E-state index contributed by atoms with van der Waals surface area (Å²) in [5.74, 6) is -0.729. The Kier molecular flexibility index (Phi) is 5.00. The summed E-state index contributed by atoms with van der Waals surface area (Å²) < 4.78 is 0. The van der Waals surface area contributed by atoms with E-state index in [1.54, 1.807) is 0 Å². The minimum Gasteiger partial charge on any atom is -0.366 e. The lowest BCUT2D eigenvalue weighted by Crippen LogP contribution is -2.39. The average molecular weight is 293 g/mol. The Hall–Kier alpha value is -1.56. The Balaban J connectivity index is 1.95. The fourth-order valence-electron chi connectivity index (χ4n) is 2.42. The maximum atomic E-state index is 12.1. The smallest absolute Gasteiger partial charge is 0.270 e. The Morgan fingerprint density at radius 1 is 1.40 bits per heavy atom. The Labute approximate surface area is 122 Å². The number of aromatic nitrogens is 1. The van der Waals surface area contributed by atoms with Crippen LogP contribution in [-0.2, 0) is 0 Å². The van der Waals surface area contributed by atoms with Crippen LogP contribution in [0.2, 0.25) is 0 Å². The second kappa shape index (κ2) is 6.74. The highest BCUT2D eigenvalue weighted by atomic mass is 32.2. The first-order chi connectivity index (χ1) is 9.60. The van der Waals surface area contributed by atoms with Gasteiger partial charge < -0.3 is 11.1 Å². The first-order valence-corrected chi connectivity index (χ1v) is 7.98. The van der Waals surface area contributed by atoms with Crippen LogP contribution in [0.25, 0.3) is 0 Å². The molecular weight excluding hydrogens is 274 g/mol. The molecule has 6 heteroatoms. The summed E-state index contributed by atoms with van der Waals surface area (Å²) in [5.41, 5.74) is 5.77. The van der Waals surface area contributed by atoms with Gasteiger partial charge in [0.2, 0.25) is 5.91 Å². The number of hydrogen-bond donors (Lipinski definition) is 2. The maximum Gasteiger partial charge on any atom is 0.270 e. The van der Waals surface area contributed by atoms with Crippen LogP contribution in [0.5, 0.6) is 0 Å². The molecule has 1 aromatic heterocycles. The normalized spacial score (nSPS) is 22.2. The van der Waals surface area contributed by atoms with Crippen LogP contribution in [0.15, 0.2) is 18.3 Å². The quantitative estimate of drug-likeness (QED) is 0.882. The molecule has 5 nitrogen and oxygen atoms in total. The van der Waals surface area contributed by atoms with Crippen LogP contribution in [0, 0.1) is 0 Å². The molecule has 1 fully saturated rings. The summed E-state index contributed by atoms with van der Waals surface area (Å²) in [5, 5.41) is 3.64. The summed E-state index contributed by atoms with van der Waals surface area (Å²) in [6, 6.07) is 3.27. The topological polar surface area (TPSA) is 85.1 Å². The van der Waals surface area contributed by atoms with Gasteiger partial charge in [0, 0.05) is 17.5 Å². The van der Waals surface area contributed by atoms with E-state index in [0.717, 1.165) is 19.3 Å². The Morgan fingerprint density at radius 3 is 2.80 bits per heavy atom. The number of amides is 2. The zero-order valence-corrected chi connectivity index (χ0v) is 12.3. The van der Waals surface area contributed by atoms with Crippen molar-refractivity contribution in [3.63, 3.8) is 0 Å². The molecule has 1 aliphatic carbocycles. The van der Waals surface area contributed by atoms with Gasteiger partial charge in [-0.1, -0.05) is 6.42 Å². The zero-order chi connectivity index (χ0) is 14.5. The molecule has 2 atom stereocenters. The van der Waals surface area contributed by atoms with Gasteiger partial charge in [-0.25, -0.2) is 0 Å². The van der Waals surface area contributed by atoms with Crippen molar-refractivity contribution < 1.29 is 9.59 Å². The number of carbonyl (C=O) groups is 2. The SMILES string of the molecule is CSC1CCCC(NC(=O)c2ccc(C(N)=O)cn2)C1. The van der Waals surface area contributed by atoms with Crippen molar-refractivity contribution in [1.82, 2.24) is 10.3 Å². The van der Waals surface area contributed by atoms with Gasteiger partial charge in [-0.2, -0.15) is 11.8 Å². The van der Waals surface area contributed by atoms with E-state index >= 15 is 0 Å². The molecular formula is C14H19N3O2S. The van der Waals surface area contributed by atoms with Crippen LogP contribution in [0.1, 0.15) is 46.5 Å². The minimum absolute atomic E-state index is 0.187. The van der Waals surface area contributed by atoms with Gasteiger partial charge in [0.05, 0.1) is 5.56 Å². The van der Waals surface area contributed by atoms with Gasteiger partial charge in [0.1, 0.15) is 5.69 Å². The lowest BCUT2D eigenvalue weighted by molar-refractivity contribution is 0.0921. The highest BCUT2D eigenvalue weighted by molar-refractivity contribution is 7.99. The van der Waals surface area contributed by atoms with E-state index in [1.165, 1.54) is 24.8 Å². The van der Waals surface area contributed by atoms with Crippen molar-refractivity contribution in [3.8, 4) is 0 Å². The van der Waals surface area contributed by atoms with Crippen LogP contribution >= 0.6 is 11.8 Å². The molecule has 1 saturated carbocycles. The van der Waals surface area contributed by atoms with Crippen molar-refractivity contribution in [1.29, 1.82) is 0 Å². The molecule has 1 aromatic rings. The van der Waals surface area contributed by atoms with Crippen molar-refractivity contribution in [3.05, 3.63) is 29.6 Å². The number of pyridine rings is 1. The molecule has 2 rings (SSSR count). The number of primary amides is 1. The van der Waals surface area contributed by atoms with Crippen molar-refractivity contribution >= 4 is 23.6 Å². The zero-order valence-electron chi connectivity index (χ0n) is 11.5. The lowest BCUT2D eigenvalue weighted by atomic mass is 9.95. The largest absolute Gasteiger partial charge is 0.366 e. The first-order valence-electron chi connectivity index (χ1n) is 6.69. The molecule has 3 N–H and O–H groups in total. The van der Waals surface area contributed by atoms with Crippen LogP contribution < -0.4 is 11.1 Å². The fraction of sp³-hybridized carbons (Fsp3) is 0.500. The van der Waals surface area contributed by atoms with E-state index in [4.69, 9.17) is 5.73 Å². The van der Waals surface area contributed by atoms with Gasteiger partial charge in [-0.05, 0) is 37.7 Å². The summed E-state index contributed by atoms with van der Waals surface area (Å²) in [4.78, 5) is 27.0.